The first kappa shape index (κ1) is 14.2. The molecule has 10 heteroatoms. The summed E-state index contributed by atoms with van der Waals surface area (Å²) in [7, 11) is 0. The molecule has 0 aliphatic heterocycles. The van der Waals surface area contributed by atoms with Crippen molar-refractivity contribution in [2.45, 2.75) is 19.1 Å². The van der Waals surface area contributed by atoms with Gasteiger partial charge in [0.15, 0.2) is 0 Å². The summed E-state index contributed by atoms with van der Waals surface area (Å²) >= 11 is 0. The minimum absolute atomic E-state index is 0.144. The largest absolute Gasteiger partial charge is 0.408 e. The van der Waals surface area contributed by atoms with Crippen LogP contribution in [0.2, 0.25) is 0 Å². The molecule has 0 fully saturated rings. The smallest absolute Gasteiger partial charge is 0.339 e. The van der Waals surface area contributed by atoms with Crippen molar-refractivity contribution < 1.29 is 17.7 Å². The Labute approximate surface area is 121 Å². The van der Waals surface area contributed by atoms with Gasteiger partial charge in [0.05, 0.1) is 17.7 Å². The van der Waals surface area contributed by atoms with Crippen LogP contribution in [0.5, 0.6) is 0 Å². The van der Waals surface area contributed by atoms with Gasteiger partial charge in [-0.25, -0.2) is 9.97 Å². The first-order valence-corrected chi connectivity index (χ1v) is 6.17. The lowest BCUT2D eigenvalue weighted by molar-refractivity contribution is -0.142. The molecular weight excluding hydrogens is 301 g/mol. The summed E-state index contributed by atoms with van der Waals surface area (Å²) in [5.74, 6) is 0.557. The van der Waals surface area contributed by atoms with Gasteiger partial charge in [0, 0.05) is 18.6 Å². The molecular formula is C12H9F3N6O. The van der Waals surface area contributed by atoms with Crippen molar-refractivity contribution in [1.29, 1.82) is 0 Å². The molecule has 3 aromatic heterocycles. The van der Waals surface area contributed by atoms with Crippen LogP contribution in [0.15, 0.2) is 35.5 Å². The summed E-state index contributed by atoms with van der Waals surface area (Å²) in [6, 6.07) is 1.47. The van der Waals surface area contributed by atoms with Gasteiger partial charge in [0.2, 0.25) is 11.7 Å². The van der Waals surface area contributed by atoms with Crippen molar-refractivity contribution in [2.75, 3.05) is 0 Å². The second-order valence-corrected chi connectivity index (χ2v) is 4.44. The zero-order valence-electron chi connectivity index (χ0n) is 11.0. The summed E-state index contributed by atoms with van der Waals surface area (Å²) in [6.45, 7) is -1.14. The number of alkyl halides is 3. The minimum atomic E-state index is -4.31. The van der Waals surface area contributed by atoms with Crippen LogP contribution in [0, 0.1) is 0 Å². The van der Waals surface area contributed by atoms with E-state index in [0.29, 0.717) is 17.1 Å². The van der Waals surface area contributed by atoms with E-state index in [0.717, 1.165) is 4.68 Å². The van der Waals surface area contributed by atoms with E-state index in [9.17, 15) is 13.2 Å². The van der Waals surface area contributed by atoms with Gasteiger partial charge < -0.3 is 4.52 Å². The van der Waals surface area contributed by atoms with E-state index in [2.05, 4.69) is 25.2 Å². The van der Waals surface area contributed by atoms with Crippen molar-refractivity contribution in [3.05, 3.63) is 42.6 Å². The summed E-state index contributed by atoms with van der Waals surface area (Å²) in [6.07, 6.45) is 1.52. The normalized spacial score (nSPS) is 11.8. The van der Waals surface area contributed by atoms with E-state index in [1.54, 1.807) is 0 Å². The summed E-state index contributed by atoms with van der Waals surface area (Å²) in [5.41, 5.74) is 0.990. The second-order valence-electron chi connectivity index (χ2n) is 4.44. The Bertz CT molecular complexity index is 752. The molecule has 3 rings (SSSR count). The predicted octanol–water partition coefficient (Wildman–Crippen LogP) is 1.88. The number of hydrogen-bond acceptors (Lipinski definition) is 6. The van der Waals surface area contributed by atoms with E-state index in [1.807, 2.05) is 0 Å². The fourth-order valence-corrected chi connectivity index (χ4v) is 1.78. The van der Waals surface area contributed by atoms with E-state index in [4.69, 9.17) is 4.52 Å². The Morgan fingerprint density at radius 1 is 1.18 bits per heavy atom. The molecule has 0 bridgehead atoms. The highest BCUT2D eigenvalue weighted by atomic mass is 19.4. The molecule has 3 heterocycles. The van der Waals surface area contributed by atoms with Crippen molar-refractivity contribution >= 4 is 0 Å². The highest BCUT2D eigenvalue weighted by Gasteiger charge is 2.28. The molecule has 7 nitrogen and oxygen atoms in total. The Kier molecular flexibility index (Phi) is 3.57. The fraction of sp³-hybridized carbons (Fsp3) is 0.250. The molecule has 114 valence electrons. The van der Waals surface area contributed by atoms with Crippen LogP contribution in [-0.4, -0.2) is 36.1 Å². The third-order valence-corrected chi connectivity index (χ3v) is 2.66. The lowest BCUT2D eigenvalue weighted by atomic mass is 10.3. The molecule has 0 saturated carbocycles. The molecule has 0 aliphatic rings. The van der Waals surface area contributed by atoms with E-state index >= 15 is 0 Å². The monoisotopic (exact) mass is 310 g/mol. The Morgan fingerprint density at radius 2 is 1.95 bits per heavy atom. The van der Waals surface area contributed by atoms with Crippen LogP contribution < -0.4 is 0 Å². The van der Waals surface area contributed by atoms with Crippen LogP contribution in [0.25, 0.3) is 11.4 Å². The maximum absolute atomic E-state index is 12.3. The van der Waals surface area contributed by atoms with E-state index in [1.165, 1.54) is 31.0 Å². The van der Waals surface area contributed by atoms with Crippen LogP contribution in [0.3, 0.4) is 0 Å². The summed E-state index contributed by atoms with van der Waals surface area (Å²) in [5, 5.41) is 7.59. The maximum atomic E-state index is 12.3. The van der Waals surface area contributed by atoms with E-state index in [-0.39, 0.29) is 12.3 Å². The third kappa shape index (κ3) is 3.45. The number of halogens is 3. The van der Waals surface area contributed by atoms with Gasteiger partial charge in [0.25, 0.3) is 0 Å². The molecule has 22 heavy (non-hydrogen) atoms. The molecule has 0 amide bonds. The van der Waals surface area contributed by atoms with Gasteiger partial charge in [-0.15, -0.1) is 0 Å². The minimum Gasteiger partial charge on any atom is -0.339 e. The SMILES string of the molecule is FC(F)(F)Cn1ccc(Cc2nc(-c3cncnc3)no2)n1. The number of nitrogens with zero attached hydrogens (tertiary/aromatic N) is 6. The Morgan fingerprint density at radius 3 is 2.68 bits per heavy atom. The zero-order chi connectivity index (χ0) is 15.6. The van der Waals surface area contributed by atoms with Gasteiger partial charge in [-0.3, -0.25) is 4.68 Å². The topological polar surface area (TPSA) is 82.5 Å². The van der Waals surface area contributed by atoms with E-state index < -0.39 is 12.7 Å². The summed E-state index contributed by atoms with van der Waals surface area (Å²) in [4.78, 5) is 11.8. The molecule has 0 aromatic carbocycles. The highest BCUT2D eigenvalue weighted by Crippen LogP contribution is 2.18. The third-order valence-electron chi connectivity index (χ3n) is 2.66. The standard InChI is InChI=1S/C12H9F3N6O/c13-12(14,15)6-21-2-1-9(19-21)3-10-18-11(20-22-10)8-4-16-7-17-5-8/h1-2,4-5,7H,3,6H2. The molecule has 0 atom stereocenters. The number of rotatable bonds is 4. The molecule has 0 saturated heterocycles. The van der Waals surface area contributed by atoms with Gasteiger partial charge >= 0.3 is 6.18 Å². The Hall–Kier alpha value is -2.78. The van der Waals surface area contributed by atoms with Gasteiger partial charge in [0.1, 0.15) is 12.9 Å². The molecule has 0 aliphatic carbocycles. The summed E-state index contributed by atoms with van der Waals surface area (Å²) < 4.78 is 42.6. The zero-order valence-corrected chi connectivity index (χ0v) is 11.0. The van der Waals surface area contributed by atoms with Gasteiger partial charge in [-0.1, -0.05) is 5.16 Å². The molecule has 0 unspecified atom stereocenters. The van der Waals surface area contributed by atoms with Crippen LogP contribution in [-0.2, 0) is 13.0 Å². The van der Waals surface area contributed by atoms with Crippen molar-refractivity contribution in [1.82, 2.24) is 29.9 Å². The van der Waals surface area contributed by atoms with Crippen molar-refractivity contribution in [2.24, 2.45) is 0 Å². The predicted molar refractivity (Wildman–Crippen MR) is 66.4 cm³/mol. The van der Waals surface area contributed by atoms with Crippen molar-refractivity contribution in [3.8, 4) is 11.4 Å². The van der Waals surface area contributed by atoms with Crippen LogP contribution in [0.1, 0.15) is 11.6 Å². The fourth-order valence-electron chi connectivity index (χ4n) is 1.78. The Balaban J connectivity index is 1.71. The second kappa shape index (κ2) is 5.54. The average Bonchev–Trinajstić information content (AvgIpc) is 3.08. The highest BCUT2D eigenvalue weighted by molar-refractivity contribution is 5.50. The number of aromatic nitrogens is 6. The lowest BCUT2D eigenvalue weighted by Gasteiger charge is -2.05. The van der Waals surface area contributed by atoms with Gasteiger partial charge in [-0.05, 0) is 6.07 Å². The van der Waals surface area contributed by atoms with Crippen LogP contribution in [0.4, 0.5) is 13.2 Å². The average molecular weight is 310 g/mol. The molecule has 0 N–H and O–H groups in total. The van der Waals surface area contributed by atoms with Crippen molar-refractivity contribution in [3.63, 3.8) is 0 Å². The van der Waals surface area contributed by atoms with Crippen LogP contribution >= 0.6 is 0 Å². The molecule has 3 aromatic rings. The first-order valence-electron chi connectivity index (χ1n) is 6.17. The first-order chi connectivity index (χ1) is 10.5. The molecule has 0 radical (unpaired) electrons. The van der Waals surface area contributed by atoms with Gasteiger partial charge in [-0.2, -0.15) is 23.3 Å². The quantitative estimate of drug-likeness (QED) is 0.731. The lowest BCUT2D eigenvalue weighted by Crippen LogP contribution is -2.18. The maximum Gasteiger partial charge on any atom is 0.408 e. The number of hydrogen-bond donors (Lipinski definition) is 0. The molecule has 0 spiro atoms.